The van der Waals surface area contributed by atoms with Gasteiger partial charge < -0.3 is 4.90 Å². The molecule has 2 fully saturated rings. The lowest BCUT2D eigenvalue weighted by molar-refractivity contribution is 0.0981. The standard InChI is InChI=1S/C24H27N5O3S/c1-16-8-9-17(2)29(16)23-20(24(30)27-33(31,32)19-10-11-19)12-13-22(25-23)28-15-14-21(26-28)18-6-4-3-5-7-18/h3-7,12-17,19H,8-11H2,1-2H3,(H,27,30)/t16-,17+. The highest BCUT2D eigenvalue weighted by Crippen LogP contribution is 2.33. The second kappa shape index (κ2) is 8.30. The summed E-state index contributed by atoms with van der Waals surface area (Å²) in [6.07, 6.45) is 4.98. The quantitative estimate of drug-likeness (QED) is 0.598. The first-order chi connectivity index (χ1) is 15.8. The third kappa shape index (κ3) is 4.25. The van der Waals surface area contributed by atoms with Crippen molar-refractivity contribution >= 4 is 21.7 Å². The number of pyridine rings is 1. The summed E-state index contributed by atoms with van der Waals surface area (Å²) in [5, 5.41) is 4.19. The molecule has 0 unspecified atom stereocenters. The van der Waals surface area contributed by atoms with Crippen LogP contribution >= 0.6 is 0 Å². The molecule has 1 aromatic carbocycles. The number of carbonyl (C=O) groups is 1. The summed E-state index contributed by atoms with van der Waals surface area (Å²) >= 11 is 0. The summed E-state index contributed by atoms with van der Waals surface area (Å²) in [6, 6.07) is 15.5. The fraction of sp³-hybridized carbons (Fsp3) is 0.375. The molecule has 5 rings (SSSR count). The van der Waals surface area contributed by atoms with E-state index in [-0.39, 0.29) is 17.6 Å². The number of hydrogen-bond acceptors (Lipinski definition) is 6. The zero-order chi connectivity index (χ0) is 23.2. The summed E-state index contributed by atoms with van der Waals surface area (Å²) in [5.74, 6) is 0.429. The molecule has 2 atom stereocenters. The second-order valence-corrected chi connectivity index (χ2v) is 10.9. The van der Waals surface area contributed by atoms with E-state index in [1.807, 2.05) is 42.6 Å². The fourth-order valence-electron chi connectivity index (χ4n) is 4.41. The van der Waals surface area contributed by atoms with E-state index in [1.165, 1.54) is 0 Å². The zero-order valence-corrected chi connectivity index (χ0v) is 19.5. The Morgan fingerprint density at radius 3 is 2.33 bits per heavy atom. The molecule has 2 aromatic heterocycles. The Morgan fingerprint density at radius 1 is 0.970 bits per heavy atom. The van der Waals surface area contributed by atoms with Crippen molar-refractivity contribution in [3.63, 3.8) is 0 Å². The number of nitrogens with zero attached hydrogens (tertiary/aromatic N) is 4. The lowest BCUT2D eigenvalue weighted by Crippen LogP contribution is -2.38. The van der Waals surface area contributed by atoms with E-state index in [2.05, 4.69) is 28.6 Å². The lowest BCUT2D eigenvalue weighted by Gasteiger charge is -2.29. The van der Waals surface area contributed by atoms with E-state index in [4.69, 9.17) is 4.98 Å². The van der Waals surface area contributed by atoms with Crippen molar-refractivity contribution < 1.29 is 13.2 Å². The third-order valence-electron chi connectivity index (χ3n) is 6.39. The molecule has 8 nitrogen and oxygen atoms in total. The number of hydrogen-bond donors (Lipinski definition) is 1. The van der Waals surface area contributed by atoms with E-state index in [0.717, 1.165) is 24.1 Å². The van der Waals surface area contributed by atoms with Crippen LogP contribution in [0.4, 0.5) is 5.82 Å². The predicted molar refractivity (Wildman–Crippen MR) is 127 cm³/mol. The highest BCUT2D eigenvalue weighted by Gasteiger charge is 2.38. The number of benzene rings is 1. The Balaban J connectivity index is 1.53. The Labute approximate surface area is 193 Å². The van der Waals surface area contributed by atoms with E-state index in [0.29, 0.717) is 24.5 Å². The summed E-state index contributed by atoms with van der Waals surface area (Å²) in [6.45, 7) is 4.20. The molecule has 1 amide bonds. The number of aromatic nitrogens is 3. The van der Waals surface area contributed by atoms with Crippen molar-refractivity contribution in [3.8, 4) is 17.1 Å². The van der Waals surface area contributed by atoms with E-state index < -0.39 is 21.2 Å². The van der Waals surface area contributed by atoms with Gasteiger partial charge in [-0.25, -0.2) is 22.8 Å². The van der Waals surface area contributed by atoms with Crippen LogP contribution in [0.1, 0.15) is 49.9 Å². The second-order valence-electron chi connectivity index (χ2n) is 8.91. The largest absolute Gasteiger partial charge is 0.350 e. The SMILES string of the molecule is C[C@@H]1CC[C@H](C)N1c1nc(-n2ccc(-c3ccccc3)n2)ccc1C(=O)NS(=O)(=O)C1CC1. The van der Waals surface area contributed by atoms with Crippen molar-refractivity contribution in [2.75, 3.05) is 4.90 Å². The molecule has 9 heteroatoms. The molecule has 0 bridgehead atoms. The van der Waals surface area contributed by atoms with Crippen molar-refractivity contribution in [2.45, 2.75) is 56.9 Å². The molecule has 3 aromatic rings. The zero-order valence-electron chi connectivity index (χ0n) is 18.7. The average Bonchev–Trinajstić information content (AvgIpc) is 3.47. The van der Waals surface area contributed by atoms with Gasteiger partial charge in [-0.3, -0.25) is 4.79 Å². The van der Waals surface area contributed by atoms with Crippen LogP contribution in [0.25, 0.3) is 17.1 Å². The molecule has 1 aliphatic heterocycles. The predicted octanol–water partition coefficient (Wildman–Crippen LogP) is 3.53. The van der Waals surface area contributed by atoms with E-state index >= 15 is 0 Å². The van der Waals surface area contributed by atoms with Gasteiger partial charge >= 0.3 is 0 Å². The first-order valence-electron chi connectivity index (χ1n) is 11.3. The van der Waals surface area contributed by atoms with Crippen LogP contribution in [0, 0.1) is 0 Å². The Bertz CT molecular complexity index is 1270. The fourth-order valence-corrected chi connectivity index (χ4v) is 5.70. The van der Waals surface area contributed by atoms with Gasteiger partial charge in [0.2, 0.25) is 10.0 Å². The van der Waals surface area contributed by atoms with Crippen LogP contribution in [0.5, 0.6) is 0 Å². The first kappa shape index (κ1) is 21.6. The van der Waals surface area contributed by atoms with Gasteiger partial charge in [0.05, 0.1) is 16.5 Å². The normalized spacial score (nSPS) is 20.7. The Hall–Kier alpha value is -3.20. The van der Waals surface area contributed by atoms with Gasteiger partial charge in [0.15, 0.2) is 5.82 Å². The minimum atomic E-state index is -3.65. The molecule has 1 saturated carbocycles. The molecule has 1 aliphatic carbocycles. The lowest BCUT2D eigenvalue weighted by atomic mass is 10.2. The number of nitrogens with one attached hydrogen (secondary N) is 1. The number of amides is 1. The molecule has 1 N–H and O–H groups in total. The average molecular weight is 466 g/mol. The molecule has 33 heavy (non-hydrogen) atoms. The van der Waals surface area contributed by atoms with Crippen LogP contribution < -0.4 is 9.62 Å². The number of rotatable bonds is 6. The molecular weight excluding hydrogens is 438 g/mol. The minimum Gasteiger partial charge on any atom is -0.350 e. The molecule has 172 valence electrons. The first-order valence-corrected chi connectivity index (χ1v) is 12.8. The van der Waals surface area contributed by atoms with Gasteiger partial charge in [-0.1, -0.05) is 30.3 Å². The summed E-state index contributed by atoms with van der Waals surface area (Å²) in [5.41, 5.74) is 2.08. The highest BCUT2D eigenvalue weighted by atomic mass is 32.2. The summed E-state index contributed by atoms with van der Waals surface area (Å²) in [7, 11) is -3.65. The van der Waals surface area contributed by atoms with Gasteiger partial charge in [-0.15, -0.1) is 0 Å². The van der Waals surface area contributed by atoms with Gasteiger partial charge in [-0.05, 0) is 57.7 Å². The Kier molecular flexibility index (Phi) is 5.44. The minimum absolute atomic E-state index is 0.187. The maximum Gasteiger partial charge on any atom is 0.268 e. The van der Waals surface area contributed by atoms with Crippen LogP contribution in [-0.2, 0) is 10.0 Å². The Morgan fingerprint density at radius 2 is 1.67 bits per heavy atom. The van der Waals surface area contributed by atoms with Gasteiger partial charge in [-0.2, -0.15) is 5.10 Å². The maximum atomic E-state index is 13.0. The van der Waals surface area contributed by atoms with Crippen LogP contribution in [-0.4, -0.2) is 46.4 Å². The summed E-state index contributed by atoms with van der Waals surface area (Å²) < 4.78 is 28.7. The molecular formula is C24H27N5O3S. The topological polar surface area (TPSA) is 97.2 Å². The molecule has 1 saturated heterocycles. The van der Waals surface area contributed by atoms with E-state index in [9.17, 15) is 13.2 Å². The maximum absolute atomic E-state index is 13.0. The number of carbonyl (C=O) groups excluding carboxylic acids is 1. The molecule has 2 aliphatic rings. The molecule has 0 spiro atoms. The van der Waals surface area contributed by atoms with Gasteiger partial charge in [0, 0.05) is 23.8 Å². The van der Waals surface area contributed by atoms with Gasteiger partial charge in [0.25, 0.3) is 5.91 Å². The van der Waals surface area contributed by atoms with Crippen molar-refractivity contribution in [3.05, 3.63) is 60.3 Å². The molecule has 0 radical (unpaired) electrons. The highest BCUT2D eigenvalue weighted by molar-refractivity contribution is 7.91. The van der Waals surface area contributed by atoms with Crippen molar-refractivity contribution in [2.24, 2.45) is 0 Å². The van der Waals surface area contributed by atoms with Crippen molar-refractivity contribution in [1.82, 2.24) is 19.5 Å². The van der Waals surface area contributed by atoms with Crippen LogP contribution in [0.15, 0.2) is 54.7 Å². The van der Waals surface area contributed by atoms with Crippen LogP contribution in [0.2, 0.25) is 0 Å². The third-order valence-corrected chi connectivity index (χ3v) is 8.21. The number of sulfonamides is 1. The van der Waals surface area contributed by atoms with E-state index in [1.54, 1.807) is 16.8 Å². The summed E-state index contributed by atoms with van der Waals surface area (Å²) in [4.78, 5) is 20.0. The molecule has 3 heterocycles. The van der Waals surface area contributed by atoms with Gasteiger partial charge in [0.1, 0.15) is 5.82 Å². The van der Waals surface area contributed by atoms with Crippen LogP contribution in [0.3, 0.4) is 0 Å². The smallest absolute Gasteiger partial charge is 0.268 e. The monoisotopic (exact) mass is 465 g/mol. The van der Waals surface area contributed by atoms with Crippen molar-refractivity contribution in [1.29, 1.82) is 0 Å². The number of anilines is 1.